The Kier molecular flexibility index (Phi) is 3.77. The van der Waals surface area contributed by atoms with E-state index < -0.39 is 5.82 Å². The normalized spacial score (nSPS) is 19.5. The summed E-state index contributed by atoms with van der Waals surface area (Å²) in [7, 11) is 0. The topological polar surface area (TPSA) is 33.6 Å². The van der Waals surface area contributed by atoms with E-state index in [-0.39, 0.29) is 5.02 Å². The van der Waals surface area contributed by atoms with Crippen molar-refractivity contribution in [3.05, 3.63) is 75.0 Å². The van der Waals surface area contributed by atoms with Crippen LogP contribution in [0.1, 0.15) is 35.2 Å². The fourth-order valence-electron chi connectivity index (χ4n) is 3.09. The van der Waals surface area contributed by atoms with E-state index >= 15 is 0 Å². The molecule has 0 bridgehead atoms. The van der Waals surface area contributed by atoms with E-state index in [0.717, 1.165) is 17.9 Å². The lowest BCUT2D eigenvalue weighted by Crippen LogP contribution is -2.01. The molecule has 1 fully saturated rings. The third-order valence-electron chi connectivity index (χ3n) is 4.49. The molecule has 0 radical (unpaired) electrons. The van der Waals surface area contributed by atoms with Gasteiger partial charge in [-0.05, 0) is 55.2 Å². The average Bonchev–Trinajstić information content (AvgIpc) is 3.26. The van der Waals surface area contributed by atoms with E-state index in [9.17, 15) is 4.39 Å². The maximum Gasteiger partial charge on any atom is 0.199 e. The zero-order valence-corrected chi connectivity index (χ0v) is 14.5. The highest BCUT2D eigenvalue weighted by Gasteiger charge is 2.43. The average molecular weight is 360 g/mol. The molecule has 24 heavy (non-hydrogen) atoms. The first kappa shape index (κ1) is 15.5. The number of nitrogens with one attached hydrogen (secondary N) is 1. The first-order valence-corrected chi connectivity index (χ1v) is 8.52. The van der Waals surface area contributed by atoms with Crippen molar-refractivity contribution in [2.45, 2.75) is 25.2 Å². The Balaban J connectivity index is 1.70. The molecule has 1 N–H and O–H groups in total. The minimum Gasteiger partial charge on any atom is -0.272 e. The summed E-state index contributed by atoms with van der Waals surface area (Å²) in [4.78, 5) is 0. The van der Waals surface area contributed by atoms with E-state index in [2.05, 4.69) is 41.4 Å². The van der Waals surface area contributed by atoms with Gasteiger partial charge in [-0.2, -0.15) is 5.10 Å². The van der Waals surface area contributed by atoms with E-state index in [4.69, 9.17) is 23.8 Å². The van der Waals surface area contributed by atoms with Crippen molar-refractivity contribution in [2.24, 2.45) is 0 Å². The van der Waals surface area contributed by atoms with Gasteiger partial charge in [-0.3, -0.25) is 9.67 Å². The zero-order valence-electron chi connectivity index (χ0n) is 13.0. The van der Waals surface area contributed by atoms with Gasteiger partial charge in [-0.1, -0.05) is 41.4 Å². The Hall–Kier alpha value is -1.98. The lowest BCUT2D eigenvalue weighted by molar-refractivity contribution is 0.627. The van der Waals surface area contributed by atoms with Crippen LogP contribution in [0.3, 0.4) is 0 Å². The number of hydrogen-bond donors (Lipinski definition) is 1. The molecule has 1 heterocycles. The van der Waals surface area contributed by atoms with Gasteiger partial charge in [0.25, 0.3) is 0 Å². The van der Waals surface area contributed by atoms with Crippen LogP contribution in [-0.4, -0.2) is 14.8 Å². The molecule has 0 amide bonds. The van der Waals surface area contributed by atoms with Crippen LogP contribution in [0.4, 0.5) is 4.39 Å². The number of halogens is 2. The van der Waals surface area contributed by atoms with Gasteiger partial charge in [0, 0.05) is 5.92 Å². The second-order valence-electron chi connectivity index (χ2n) is 6.18. The summed E-state index contributed by atoms with van der Waals surface area (Å²) in [6.07, 6.45) is 1.03. The van der Waals surface area contributed by atoms with Gasteiger partial charge in [0.2, 0.25) is 0 Å². The summed E-state index contributed by atoms with van der Waals surface area (Å²) in [6.45, 7) is 2.08. The van der Waals surface area contributed by atoms with Crippen molar-refractivity contribution in [1.82, 2.24) is 14.8 Å². The molecular weight excluding hydrogens is 345 g/mol. The fourth-order valence-corrected chi connectivity index (χ4v) is 3.51. The molecule has 4 rings (SSSR count). The van der Waals surface area contributed by atoms with Crippen molar-refractivity contribution < 1.29 is 4.39 Å². The maximum atomic E-state index is 13.4. The summed E-state index contributed by atoms with van der Waals surface area (Å²) in [5, 5.41) is 7.34. The molecule has 2 aromatic carbocycles. The standard InChI is InChI=1S/C18H15ClFN3S/c1-10-2-4-11(5-3-10)13-9-14(13)17-21-22-18(24)23(17)12-6-7-16(20)15(19)8-12/h2-8,13-14H,9H2,1H3,(H,22,24)/t13-,14+/m0/s1. The van der Waals surface area contributed by atoms with Crippen LogP contribution in [0.15, 0.2) is 42.5 Å². The molecule has 3 nitrogen and oxygen atoms in total. The van der Waals surface area contributed by atoms with Gasteiger partial charge in [-0.15, -0.1) is 0 Å². The summed E-state index contributed by atoms with van der Waals surface area (Å²) < 4.78 is 15.8. The number of aromatic amines is 1. The van der Waals surface area contributed by atoms with Gasteiger partial charge in [0.05, 0.1) is 10.7 Å². The highest BCUT2D eigenvalue weighted by molar-refractivity contribution is 7.71. The first-order valence-electron chi connectivity index (χ1n) is 7.74. The summed E-state index contributed by atoms with van der Waals surface area (Å²) >= 11 is 11.3. The molecule has 122 valence electrons. The van der Waals surface area contributed by atoms with Crippen LogP contribution in [0.25, 0.3) is 5.69 Å². The quantitative estimate of drug-likeness (QED) is 0.643. The van der Waals surface area contributed by atoms with Gasteiger partial charge >= 0.3 is 0 Å². The lowest BCUT2D eigenvalue weighted by atomic mass is 10.1. The van der Waals surface area contributed by atoms with Crippen molar-refractivity contribution in [3.8, 4) is 5.69 Å². The summed E-state index contributed by atoms with van der Waals surface area (Å²) in [5.41, 5.74) is 3.28. The van der Waals surface area contributed by atoms with Crippen molar-refractivity contribution in [1.29, 1.82) is 0 Å². The highest BCUT2D eigenvalue weighted by Crippen LogP contribution is 2.54. The minimum absolute atomic E-state index is 0.0763. The number of rotatable bonds is 3. The second kappa shape index (κ2) is 5.83. The first-order chi connectivity index (χ1) is 11.5. The van der Waals surface area contributed by atoms with Crippen LogP contribution >= 0.6 is 23.8 Å². The Morgan fingerprint density at radius 3 is 2.67 bits per heavy atom. The number of hydrogen-bond acceptors (Lipinski definition) is 2. The number of benzene rings is 2. The monoisotopic (exact) mass is 359 g/mol. The van der Waals surface area contributed by atoms with Crippen molar-refractivity contribution in [2.75, 3.05) is 0 Å². The lowest BCUT2D eigenvalue weighted by Gasteiger charge is -2.08. The van der Waals surface area contributed by atoms with Crippen LogP contribution in [0.5, 0.6) is 0 Å². The van der Waals surface area contributed by atoms with E-state index in [1.54, 1.807) is 12.1 Å². The number of nitrogens with zero attached hydrogens (tertiary/aromatic N) is 2. The third-order valence-corrected chi connectivity index (χ3v) is 5.05. The minimum atomic E-state index is -0.444. The Morgan fingerprint density at radius 1 is 1.21 bits per heavy atom. The molecule has 0 spiro atoms. The molecule has 2 atom stereocenters. The molecule has 1 aromatic heterocycles. The molecular formula is C18H15ClFN3S. The van der Waals surface area contributed by atoms with Gasteiger partial charge < -0.3 is 0 Å². The molecule has 3 aromatic rings. The van der Waals surface area contributed by atoms with E-state index in [1.165, 1.54) is 17.2 Å². The maximum absolute atomic E-state index is 13.4. The second-order valence-corrected chi connectivity index (χ2v) is 6.97. The highest BCUT2D eigenvalue weighted by atomic mass is 35.5. The van der Waals surface area contributed by atoms with Crippen molar-refractivity contribution in [3.63, 3.8) is 0 Å². The predicted octanol–water partition coefficient (Wildman–Crippen LogP) is 5.30. The van der Waals surface area contributed by atoms with Crippen LogP contribution in [0.2, 0.25) is 5.02 Å². The number of aromatic nitrogens is 3. The largest absolute Gasteiger partial charge is 0.272 e. The Labute approximate surface area is 149 Å². The van der Waals surface area contributed by atoms with E-state index in [1.807, 2.05) is 4.57 Å². The molecule has 6 heteroatoms. The van der Waals surface area contributed by atoms with Gasteiger partial charge in [0.1, 0.15) is 11.6 Å². The molecule has 0 aliphatic heterocycles. The molecule has 1 aliphatic rings. The fraction of sp³-hybridized carbons (Fsp3) is 0.222. The molecule has 0 unspecified atom stereocenters. The third kappa shape index (κ3) is 2.68. The Bertz CT molecular complexity index is 961. The van der Waals surface area contributed by atoms with Gasteiger partial charge in [0.15, 0.2) is 4.77 Å². The number of aryl methyl sites for hydroxylation is 1. The molecule has 0 saturated heterocycles. The SMILES string of the molecule is Cc1ccc([C@@H]2C[C@H]2c2n[nH]c(=S)n2-c2ccc(F)c(Cl)c2)cc1. The van der Waals surface area contributed by atoms with Crippen LogP contribution < -0.4 is 0 Å². The summed E-state index contributed by atoms with van der Waals surface area (Å²) in [5.74, 6) is 1.16. The molecule has 1 saturated carbocycles. The summed E-state index contributed by atoms with van der Waals surface area (Å²) in [6, 6.07) is 13.2. The number of H-pyrrole nitrogens is 1. The molecule has 1 aliphatic carbocycles. The van der Waals surface area contributed by atoms with Crippen molar-refractivity contribution >= 4 is 23.8 Å². The van der Waals surface area contributed by atoms with Crippen LogP contribution in [0, 0.1) is 17.5 Å². The van der Waals surface area contributed by atoms with Crippen LogP contribution in [-0.2, 0) is 0 Å². The Morgan fingerprint density at radius 2 is 1.96 bits per heavy atom. The zero-order chi connectivity index (χ0) is 16.8. The predicted molar refractivity (Wildman–Crippen MR) is 95.0 cm³/mol. The smallest absolute Gasteiger partial charge is 0.199 e. The van der Waals surface area contributed by atoms with Gasteiger partial charge in [-0.25, -0.2) is 4.39 Å². The van der Waals surface area contributed by atoms with E-state index in [0.29, 0.717) is 16.6 Å².